The van der Waals surface area contributed by atoms with Crippen LogP contribution in [0.1, 0.15) is 19.5 Å². The van der Waals surface area contributed by atoms with Crippen molar-refractivity contribution in [2.75, 3.05) is 25.0 Å². The number of carboxylic acids is 1. The summed E-state index contributed by atoms with van der Waals surface area (Å²) in [5, 5.41) is 15.0. The van der Waals surface area contributed by atoms with Crippen molar-refractivity contribution in [2.24, 2.45) is 5.92 Å². The highest BCUT2D eigenvalue weighted by Gasteiger charge is 2.16. The Morgan fingerprint density at radius 2 is 2.16 bits per heavy atom. The smallest absolute Gasteiger partial charge is 0.317 e. The molecule has 0 unspecified atom stereocenters. The summed E-state index contributed by atoms with van der Waals surface area (Å²) in [4.78, 5) is 24.1. The molecule has 0 aliphatic heterocycles. The van der Waals surface area contributed by atoms with Gasteiger partial charge in [0, 0.05) is 12.6 Å². The van der Waals surface area contributed by atoms with Crippen LogP contribution in [0.3, 0.4) is 0 Å². The van der Waals surface area contributed by atoms with E-state index in [9.17, 15) is 9.59 Å². The van der Waals surface area contributed by atoms with Crippen LogP contribution < -0.4 is 5.32 Å². The van der Waals surface area contributed by atoms with Crippen LogP contribution in [0.25, 0.3) is 0 Å². The Balaban J connectivity index is 2.52. The van der Waals surface area contributed by atoms with E-state index < -0.39 is 5.97 Å². The number of nitrogens with zero attached hydrogens (tertiary/aromatic N) is 2. The first-order chi connectivity index (χ1) is 8.86. The molecule has 19 heavy (non-hydrogen) atoms. The average molecular weight is 269 g/mol. The first-order valence-corrected chi connectivity index (χ1v) is 6.04. The van der Waals surface area contributed by atoms with Crippen molar-refractivity contribution < 1.29 is 19.2 Å². The third kappa shape index (κ3) is 6.01. The SMILES string of the molecule is Cc1cc(NC(=O)CN(CC(=O)O)CC(C)C)on1. The van der Waals surface area contributed by atoms with Gasteiger partial charge in [-0.05, 0) is 12.8 Å². The lowest BCUT2D eigenvalue weighted by Gasteiger charge is -2.21. The van der Waals surface area contributed by atoms with Crippen LogP contribution in [-0.2, 0) is 9.59 Å². The second-order valence-corrected chi connectivity index (χ2v) is 4.84. The number of amides is 1. The zero-order valence-corrected chi connectivity index (χ0v) is 11.3. The Morgan fingerprint density at radius 3 is 2.63 bits per heavy atom. The maximum Gasteiger partial charge on any atom is 0.317 e. The number of carboxylic acid groups (broad SMARTS) is 1. The number of rotatable bonds is 7. The van der Waals surface area contributed by atoms with Crippen molar-refractivity contribution in [1.29, 1.82) is 0 Å². The van der Waals surface area contributed by atoms with Gasteiger partial charge >= 0.3 is 5.97 Å². The van der Waals surface area contributed by atoms with Gasteiger partial charge in [-0.15, -0.1) is 0 Å². The molecule has 0 aromatic carbocycles. The standard InChI is InChI=1S/C12H19N3O4/c1-8(2)5-15(7-12(17)18)6-10(16)13-11-4-9(3)14-19-11/h4,8H,5-7H2,1-3H3,(H,13,16)(H,17,18). The summed E-state index contributed by atoms with van der Waals surface area (Å²) in [5.74, 6) is -0.732. The monoisotopic (exact) mass is 269 g/mol. The van der Waals surface area contributed by atoms with E-state index in [0.717, 1.165) is 0 Å². The van der Waals surface area contributed by atoms with Crippen molar-refractivity contribution in [3.63, 3.8) is 0 Å². The molecule has 0 radical (unpaired) electrons. The molecular formula is C12H19N3O4. The molecule has 0 fully saturated rings. The van der Waals surface area contributed by atoms with Crippen LogP contribution in [0.15, 0.2) is 10.6 Å². The Kier molecular flexibility index (Phi) is 5.50. The number of nitrogens with one attached hydrogen (secondary N) is 1. The van der Waals surface area contributed by atoms with E-state index in [4.69, 9.17) is 9.63 Å². The van der Waals surface area contributed by atoms with Crippen LogP contribution >= 0.6 is 0 Å². The predicted octanol–water partition coefficient (Wildman–Crippen LogP) is 0.964. The number of carbonyl (C=O) groups is 2. The molecule has 7 nitrogen and oxygen atoms in total. The molecule has 106 valence electrons. The minimum atomic E-state index is -0.955. The fraction of sp³-hybridized carbons (Fsp3) is 0.583. The highest BCUT2D eigenvalue weighted by Crippen LogP contribution is 2.08. The van der Waals surface area contributed by atoms with Gasteiger partial charge in [0.15, 0.2) is 0 Å². The fourth-order valence-corrected chi connectivity index (χ4v) is 1.70. The molecule has 2 N–H and O–H groups in total. The van der Waals surface area contributed by atoms with Gasteiger partial charge in [-0.3, -0.25) is 19.8 Å². The molecule has 1 aromatic rings. The lowest BCUT2D eigenvalue weighted by molar-refractivity contribution is -0.138. The number of hydrogen-bond acceptors (Lipinski definition) is 5. The Bertz CT molecular complexity index is 442. The molecule has 0 saturated heterocycles. The van der Waals surface area contributed by atoms with Crippen molar-refractivity contribution in [3.8, 4) is 0 Å². The third-order valence-electron chi connectivity index (χ3n) is 2.24. The Morgan fingerprint density at radius 1 is 1.47 bits per heavy atom. The summed E-state index contributed by atoms with van der Waals surface area (Å²) in [6.07, 6.45) is 0. The van der Waals surface area contributed by atoms with Crippen molar-refractivity contribution in [1.82, 2.24) is 10.1 Å². The number of carbonyl (C=O) groups excluding carboxylic acids is 1. The minimum Gasteiger partial charge on any atom is -0.480 e. The highest BCUT2D eigenvalue weighted by molar-refractivity contribution is 5.91. The number of hydrogen-bond donors (Lipinski definition) is 2. The predicted molar refractivity (Wildman–Crippen MR) is 68.8 cm³/mol. The largest absolute Gasteiger partial charge is 0.480 e. The summed E-state index contributed by atoms with van der Waals surface area (Å²) in [6.45, 7) is 6.05. The first-order valence-electron chi connectivity index (χ1n) is 6.04. The van der Waals surface area contributed by atoms with Gasteiger partial charge in [-0.1, -0.05) is 19.0 Å². The Labute approximate surface area is 111 Å². The fourth-order valence-electron chi connectivity index (χ4n) is 1.70. The first kappa shape index (κ1) is 15.2. The van der Waals surface area contributed by atoms with Gasteiger partial charge in [-0.25, -0.2) is 0 Å². The molecule has 0 atom stereocenters. The van der Waals surface area contributed by atoms with E-state index in [-0.39, 0.29) is 30.8 Å². The summed E-state index contributed by atoms with van der Waals surface area (Å²) >= 11 is 0. The van der Waals surface area contributed by atoms with Gasteiger partial charge in [-0.2, -0.15) is 0 Å². The zero-order chi connectivity index (χ0) is 14.4. The van der Waals surface area contributed by atoms with Crippen LogP contribution in [0.5, 0.6) is 0 Å². The maximum absolute atomic E-state index is 11.8. The van der Waals surface area contributed by atoms with E-state index >= 15 is 0 Å². The molecule has 7 heteroatoms. The molecule has 0 aliphatic carbocycles. The van der Waals surface area contributed by atoms with E-state index in [1.807, 2.05) is 13.8 Å². The molecule has 0 bridgehead atoms. The van der Waals surface area contributed by atoms with Crippen LogP contribution in [0, 0.1) is 12.8 Å². The minimum absolute atomic E-state index is 0.00419. The molecule has 1 heterocycles. The maximum atomic E-state index is 11.8. The van der Waals surface area contributed by atoms with Gasteiger partial charge in [0.05, 0.1) is 18.8 Å². The second kappa shape index (κ2) is 6.89. The second-order valence-electron chi connectivity index (χ2n) is 4.84. The van der Waals surface area contributed by atoms with Gasteiger partial charge in [0.25, 0.3) is 0 Å². The van der Waals surface area contributed by atoms with Gasteiger partial charge < -0.3 is 9.63 Å². The Hall–Kier alpha value is -1.89. The van der Waals surface area contributed by atoms with Crippen LogP contribution in [-0.4, -0.2) is 46.7 Å². The number of aryl methyl sites for hydroxylation is 1. The number of aromatic nitrogens is 1. The summed E-state index contributed by atoms with van der Waals surface area (Å²) in [5.41, 5.74) is 0.667. The summed E-state index contributed by atoms with van der Waals surface area (Å²) < 4.78 is 4.86. The van der Waals surface area contributed by atoms with Crippen molar-refractivity contribution >= 4 is 17.8 Å². The molecule has 0 spiro atoms. The van der Waals surface area contributed by atoms with Crippen LogP contribution in [0.2, 0.25) is 0 Å². The average Bonchev–Trinajstić information content (AvgIpc) is 2.61. The topological polar surface area (TPSA) is 95.7 Å². The number of aliphatic carboxylic acids is 1. The summed E-state index contributed by atoms with van der Waals surface area (Å²) in [6, 6.07) is 1.60. The van der Waals surface area contributed by atoms with Crippen molar-refractivity contribution in [2.45, 2.75) is 20.8 Å². The third-order valence-corrected chi connectivity index (χ3v) is 2.24. The molecular weight excluding hydrogens is 250 g/mol. The van der Waals surface area contributed by atoms with E-state index in [0.29, 0.717) is 12.2 Å². The summed E-state index contributed by atoms with van der Waals surface area (Å²) in [7, 11) is 0. The zero-order valence-electron chi connectivity index (χ0n) is 11.3. The molecule has 0 aliphatic rings. The van der Waals surface area contributed by atoms with Crippen LogP contribution in [0.4, 0.5) is 5.88 Å². The van der Waals surface area contributed by atoms with E-state index in [2.05, 4.69) is 10.5 Å². The van der Waals surface area contributed by atoms with Gasteiger partial charge in [0.2, 0.25) is 11.8 Å². The van der Waals surface area contributed by atoms with E-state index in [1.165, 1.54) is 0 Å². The lowest BCUT2D eigenvalue weighted by Crippen LogP contribution is -2.39. The van der Waals surface area contributed by atoms with Crippen molar-refractivity contribution in [3.05, 3.63) is 11.8 Å². The van der Waals surface area contributed by atoms with Gasteiger partial charge in [0.1, 0.15) is 0 Å². The molecule has 1 aromatic heterocycles. The molecule has 0 saturated carbocycles. The highest BCUT2D eigenvalue weighted by atomic mass is 16.5. The molecule has 1 rings (SSSR count). The number of anilines is 1. The normalized spacial score (nSPS) is 11.0. The molecule has 1 amide bonds. The lowest BCUT2D eigenvalue weighted by atomic mass is 10.2. The quantitative estimate of drug-likeness (QED) is 0.765. The van der Waals surface area contributed by atoms with E-state index in [1.54, 1.807) is 17.9 Å².